The standard InChI is InChI=1S/C13H20N2O/c1-10(2)12-5-6-14-13(9-12)11(3)15(4)7-8-16/h5-6,9-10,16H,3,7-8H2,1-2,4H3. The summed E-state index contributed by atoms with van der Waals surface area (Å²) in [4.78, 5) is 6.21. The van der Waals surface area contributed by atoms with E-state index >= 15 is 0 Å². The maximum absolute atomic E-state index is 8.87. The monoisotopic (exact) mass is 220 g/mol. The predicted molar refractivity (Wildman–Crippen MR) is 67.1 cm³/mol. The van der Waals surface area contributed by atoms with Gasteiger partial charge in [-0.1, -0.05) is 20.4 Å². The van der Waals surface area contributed by atoms with Crippen molar-refractivity contribution in [3.63, 3.8) is 0 Å². The molecule has 1 aromatic heterocycles. The maximum Gasteiger partial charge on any atom is 0.0859 e. The predicted octanol–water partition coefficient (Wildman–Crippen LogP) is 2.10. The van der Waals surface area contributed by atoms with Gasteiger partial charge in [-0.3, -0.25) is 4.98 Å². The molecular formula is C13H20N2O. The summed E-state index contributed by atoms with van der Waals surface area (Å²) in [6.07, 6.45) is 1.81. The highest BCUT2D eigenvalue weighted by molar-refractivity contribution is 5.58. The van der Waals surface area contributed by atoms with E-state index < -0.39 is 0 Å². The Morgan fingerprint density at radius 2 is 2.25 bits per heavy atom. The zero-order valence-corrected chi connectivity index (χ0v) is 10.3. The molecule has 0 spiro atoms. The lowest BCUT2D eigenvalue weighted by Gasteiger charge is -2.20. The van der Waals surface area contributed by atoms with E-state index in [0.717, 1.165) is 11.4 Å². The zero-order chi connectivity index (χ0) is 12.1. The molecule has 0 aliphatic carbocycles. The molecule has 0 saturated carbocycles. The number of aliphatic hydroxyl groups excluding tert-OH is 1. The third kappa shape index (κ3) is 3.07. The van der Waals surface area contributed by atoms with E-state index in [-0.39, 0.29) is 6.61 Å². The van der Waals surface area contributed by atoms with E-state index in [0.29, 0.717) is 12.5 Å². The highest BCUT2D eigenvalue weighted by Gasteiger charge is 2.07. The Morgan fingerprint density at radius 3 is 2.81 bits per heavy atom. The Labute approximate surface area is 97.4 Å². The molecule has 0 aromatic carbocycles. The second-order valence-electron chi connectivity index (χ2n) is 4.22. The van der Waals surface area contributed by atoms with Gasteiger partial charge in [0, 0.05) is 19.8 Å². The van der Waals surface area contributed by atoms with Crippen LogP contribution in [0.1, 0.15) is 31.0 Å². The first kappa shape index (κ1) is 12.7. The van der Waals surface area contributed by atoms with Gasteiger partial charge in [-0.2, -0.15) is 0 Å². The van der Waals surface area contributed by atoms with Gasteiger partial charge in [0.2, 0.25) is 0 Å². The highest BCUT2D eigenvalue weighted by atomic mass is 16.3. The average molecular weight is 220 g/mol. The maximum atomic E-state index is 8.87. The number of nitrogens with zero attached hydrogens (tertiary/aromatic N) is 2. The molecule has 0 fully saturated rings. The van der Waals surface area contributed by atoms with Gasteiger partial charge in [0.05, 0.1) is 18.0 Å². The van der Waals surface area contributed by atoms with Gasteiger partial charge in [0.1, 0.15) is 0 Å². The van der Waals surface area contributed by atoms with E-state index in [1.54, 1.807) is 0 Å². The number of hydrogen-bond donors (Lipinski definition) is 1. The number of hydrogen-bond acceptors (Lipinski definition) is 3. The van der Waals surface area contributed by atoms with E-state index in [1.807, 2.05) is 24.2 Å². The van der Waals surface area contributed by atoms with Gasteiger partial charge in [0.25, 0.3) is 0 Å². The minimum absolute atomic E-state index is 0.124. The van der Waals surface area contributed by atoms with Gasteiger partial charge in [0.15, 0.2) is 0 Å². The molecule has 3 nitrogen and oxygen atoms in total. The summed E-state index contributed by atoms with van der Waals surface area (Å²) in [5, 5.41) is 8.87. The fraction of sp³-hybridized carbons (Fsp3) is 0.462. The molecule has 1 rings (SSSR count). The summed E-state index contributed by atoms with van der Waals surface area (Å²) in [5.74, 6) is 0.484. The molecule has 0 bridgehead atoms. The van der Waals surface area contributed by atoms with Crippen molar-refractivity contribution in [3.8, 4) is 0 Å². The van der Waals surface area contributed by atoms with Gasteiger partial charge >= 0.3 is 0 Å². The Morgan fingerprint density at radius 1 is 1.56 bits per heavy atom. The van der Waals surface area contributed by atoms with Crippen molar-refractivity contribution >= 4 is 5.70 Å². The Kier molecular flexibility index (Phi) is 4.50. The summed E-state index contributed by atoms with van der Waals surface area (Å²) in [6, 6.07) is 4.08. The Bertz CT molecular complexity index is 361. The van der Waals surface area contributed by atoms with Crippen LogP contribution in [0.25, 0.3) is 5.70 Å². The lowest BCUT2D eigenvalue weighted by Crippen LogP contribution is -2.20. The minimum atomic E-state index is 0.124. The highest BCUT2D eigenvalue weighted by Crippen LogP contribution is 2.19. The van der Waals surface area contributed by atoms with Crippen LogP contribution in [0.3, 0.4) is 0 Å². The summed E-state index contributed by atoms with van der Waals surface area (Å²) in [7, 11) is 1.91. The fourth-order valence-electron chi connectivity index (χ4n) is 1.44. The molecule has 1 N–H and O–H groups in total. The van der Waals surface area contributed by atoms with Gasteiger partial charge < -0.3 is 10.0 Å². The largest absolute Gasteiger partial charge is 0.395 e. The van der Waals surface area contributed by atoms with Crippen molar-refractivity contribution in [2.75, 3.05) is 20.2 Å². The molecule has 1 heterocycles. The van der Waals surface area contributed by atoms with Crippen LogP contribution in [0, 0.1) is 0 Å². The van der Waals surface area contributed by atoms with Gasteiger partial charge in [-0.15, -0.1) is 0 Å². The van der Waals surface area contributed by atoms with Crippen molar-refractivity contribution in [3.05, 3.63) is 36.2 Å². The number of aliphatic hydroxyl groups is 1. The molecule has 0 aliphatic rings. The molecule has 0 saturated heterocycles. The van der Waals surface area contributed by atoms with Crippen LogP contribution in [-0.4, -0.2) is 35.2 Å². The molecular weight excluding hydrogens is 200 g/mol. The quantitative estimate of drug-likeness (QED) is 0.825. The van der Waals surface area contributed by atoms with Crippen LogP contribution < -0.4 is 0 Å². The lowest BCUT2D eigenvalue weighted by atomic mass is 10.0. The number of likely N-dealkylation sites (N-methyl/N-ethyl adjacent to an activating group) is 1. The van der Waals surface area contributed by atoms with Crippen molar-refractivity contribution in [1.82, 2.24) is 9.88 Å². The van der Waals surface area contributed by atoms with E-state index in [4.69, 9.17) is 5.11 Å². The first-order chi connectivity index (χ1) is 7.56. The van der Waals surface area contributed by atoms with Crippen molar-refractivity contribution in [1.29, 1.82) is 0 Å². The van der Waals surface area contributed by atoms with E-state index in [2.05, 4.69) is 31.5 Å². The Balaban J connectivity index is 2.87. The number of aromatic nitrogens is 1. The van der Waals surface area contributed by atoms with Crippen LogP contribution in [-0.2, 0) is 0 Å². The molecule has 16 heavy (non-hydrogen) atoms. The van der Waals surface area contributed by atoms with Crippen LogP contribution >= 0.6 is 0 Å². The molecule has 0 atom stereocenters. The first-order valence-electron chi connectivity index (χ1n) is 5.53. The third-order valence-electron chi connectivity index (χ3n) is 2.64. The molecule has 0 aliphatic heterocycles. The van der Waals surface area contributed by atoms with Gasteiger partial charge in [-0.25, -0.2) is 0 Å². The molecule has 0 radical (unpaired) electrons. The van der Waals surface area contributed by atoms with Crippen LogP contribution in [0.15, 0.2) is 24.9 Å². The average Bonchev–Trinajstić information content (AvgIpc) is 2.28. The number of pyridine rings is 1. The molecule has 3 heteroatoms. The van der Waals surface area contributed by atoms with Crippen LogP contribution in [0.2, 0.25) is 0 Å². The van der Waals surface area contributed by atoms with Crippen molar-refractivity contribution in [2.24, 2.45) is 0 Å². The summed E-state index contributed by atoms with van der Waals surface area (Å²) < 4.78 is 0. The molecule has 0 unspecified atom stereocenters. The smallest absolute Gasteiger partial charge is 0.0859 e. The normalized spacial score (nSPS) is 10.6. The second kappa shape index (κ2) is 5.66. The van der Waals surface area contributed by atoms with E-state index in [1.165, 1.54) is 5.56 Å². The summed E-state index contributed by atoms with van der Waals surface area (Å²) in [5.41, 5.74) is 2.97. The SMILES string of the molecule is C=C(c1cc(C(C)C)ccn1)N(C)CCO. The fourth-order valence-corrected chi connectivity index (χ4v) is 1.44. The van der Waals surface area contributed by atoms with Crippen molar-refractivity contribution < 1.29 is 5.11 Å². The topological polar surface area (TPSA) is 36.4 Å². The minimum Gasteiger partial charge on any atom is -0.395 e. The van der Waals surface area contributed by atoms with E-state index in [9.17, 15) is 0 Å². The van der Waals surface area contributed by atoms with Crippen molar-refractivity contribution in [2.45, 2.75) is 19.8 Å². The Hall–Kier alpha value is -1.35. The lowest BCUT2D eigenvalue weighted by molar-refractivity contribution is 0.259. The summed E-state index contributed by atoms with van der Waals surface area (Å²) >= 11 is 0. The van der Waals surface area contributed by atoms with Crippen LogP contribution in [0.5, 0.6) is 0 Å². The molecule has 88 valence electrons. The summed E-state index contributed by atoms with van der Waals surface area (Å²) in [6.45, 7) is 9.00. The first-order valence-corrected chi connectivity index (χ1v) is 5.53. The van der Waals surface area contributed by atoms with Gasteiger partial charge in [-0.05, 0) is 23.6 Å². The zero-order valence-electron chi connectivity index (χ0n) is 10.3. The second-order valence-corrected chi connectivity index (χ2v) is 4.22. The molecule has 1 aromatic rings. The third-order valence-corrected chi connectivity index (χ3v) is 2.64. The molecule has 0 amide bonds. The van der Waals surface area contributed by atoms with Crippen LogP contribution in [0.4, 0.5) is 0 Å². The number of rotatable bonds is 5.